The highest BCUT2D eigenvalue weighted by molar-refractivity contribution is 5.99. The summed E-state index contributed by atoms with van der Waals surface area (Å²) in [5.74, 6) is -4.10. The van der Waals surface area contributed by atoms with Crippen LogP contribution in [0.25, 0.3) is 5.65 Å². The zero-order valence-corrected chi connectivity index (χ0v) is 24.3. The molecule has 1 aliphatic carbocycles. The number of carbonyl (C=O) groups excluding carboxylic acids is 3. The minimum absolute atomic E-state index is 0.0385. The van der Waals surface area contributed by atoms with Gasteiger partial charge in [0.25, 0.3) is 17.7 Å². The van der Waals surface area contributed by atoms with Gasteiger partial charge < -0.3 is 16.0 Å². The van der Waals surface area contributed by atoms with Crippen molar-refractivity contribution in [1.29, 1.82) is 0 Å². The quantitative estimate of drug-likeness (QED) is 0.174. The van der Waals surface area contributed by atoms with Crippen molar-refractivity contribution in [2.45, 2.75) is 58.3 Å². The third kappa shape index (κ3) is 6.49. The molecule has 4 aromatic rings. The molecule has 14 heteroatoms. The summed E-state index contributed by atoms with van der Waals surface area (Å²) in [6.45, 7) is 4.04. The van der Waals surface area contributed by atoms with Gasteiger partial charge in [0, 0.05) is 24.7 Å². The number of alkyl halides is 3. The van der Waals surface area contributed by atoms with E-state index in [4.69, 9.17) is 0 Å². The summed E-state index contributed by atoms with van der Waals surface area (Å²) in [6.07, 6.45) is -1.13. The molecule has 236 valence electrons. The van der Waals surface area contributed by atoms with Crippen molar-refractivity contribution < 1.29 is 36.3 Å². The standard InChI is InChI=1S/C31H29F5N6O3/c1-3-4-11-37-28(43)19-6-7-20-18(16(19)2)8-10-24(20)41-30(45)26-13-25(40-27-23(33)15-39-42(26)27)29(44)38-14-17-5-9-22(32)21(12-17)31(34,35)36/h5-7,9,12-13,15,24H,3-4,8,10-11,14H2,1-2H3,(H,37,43)(H,38,44)(H,41,45)/t24-/m0/s1. The van der Waals surface area contributed by atoms with Gasteiger partial charge in [0.2, 0.25) is 0 Å². The summed E-state index contributed by atoms with van der Waals surface area (Å²) >= 11 is 0. The lowest BCUT2D eigenvalue weighted by Gasteiger charge is -2.17. The smallest absolute Gasteiger partial charge is 0.352 e. The van der Waals surface area contributed by atoms with Gasteiger partial charge in [-0.05, 0) is 66.6 Å². The SMILES string of the molecule is CCCCNC(=O)c1ccc2c(c1C)CC[C@@H]2NC(=O)c1cc(C(=O)NCc2ccc(F)c(C(F)(F)F)c2)nc2c(F)cnn12. The molecule has 0 spiro atoms. The summed E-state index contributed by atoms with van der Waals surface area (Å²) in [4.78, 5) is 43.1. The van der Waals surface area contributed by atoms with Gasteiger partial charge in [-0.3, -0.25) is 14.4 Å². The minimum atomic E-state index is -4.93. The molecule has 0 saturated carbocycles. The van der Waals surface area contributed by atoms with Crippen LogP contribution >= 0.6 is 0 Å². The number of aromatic nitrogens is 3. The van der Waals surface area contributed by atoms with Gasteiger partial charge in [-0.25, -0.2) is 18.3 Å². The number of hydrogen-bond donors (Lipinski definition) is 3. The van der Waals surface area contributed by atoms with Crippen molar-refractivity contribution in [1.82, 2.24) is 30.5 Å². The Morgan fingerprint density at radius 2 is 1.78 bits per heavy atom. The van der Waals surface area contributed by atoms with E-state index in [2.05, 4.69) is 26.0 Å². The topological polar surface area (TPSA) is 117 Å². The lowest BCUT2D eigenvalue weighted by molar-refractivity contribution is -0.140. The summed E-state index contributed by atoms with van der Waals surface area (Å²) in [5, 5.41) is 12.0. The molecule has 2 heterocycles. The van der Waals surface area contributed by atoms with Gasteiger partial charge in [0.15, 0.2) is 11.5 Å². The number of halogens is 5. The van der Waals surface area contributed by atoms with Gasteiger partial charge in [0.1, 0.15) is 17.2 Å². The van der Waals surface area contributed by atoms with E-state index < -0.39 is 53.4 Å². The molecule has 1 atom stereocenters. The van der Waals surface area contributed by atoms with Gasteiger partial charge in [-0.1, -0.05) is 25.5 Å². The zero-order chi connectivity index (χ0) is 32.5. The van der Waals surface area contributed by atoms with Crippen LogP contribution in [0.15, 0.2) is 42.6 Å². The number of rotatable bonds is 9. The maximum Gasteiger partial charge on any atom is 0.419 e. The third-order valence-corrected chi connectivity index (χ3v) is 7.74. The highest BCUT2D eigenvalue weighted by Gasteiger charge is 2.34. The first-order valence-electron chi connectivity index (χ1n) is 14.3. The van der Waals surface area contributed by atoms with Crippen molar-refractivity contribution in [2.75, 3.05) is 6.54 Å². The van der Waals surface area contributed by atoms with Crippen LogP contribution < -0.4 is 16.0 Å². The molecular weight excluding hydrogens is 599 g/mol. The van der Waals surface area contributed by atoms with Crippen molar-refractivity contribution >= 4 is 23.4 Å². The first-order valence-corrected chi connectivity index (χ1v) is 14.3. The van der Waals surface area contributed by atoms with E-state index in [1.165, 1.54) is 0 Å². The lowest BCUT2D eigenvalue weighted by atomic mass is 9.97. The lowest BCUT2D eigenvalue weighted by Crippen LogP contribution is -2.31. The highest BCUT2D eigenvalue weighted by Crippen LogP contribution is 2.35. The minimum Gasteiger partial charge on any atom is -0.352 e. The number of hydrogen-bond acceptors (Lipinski definition) is 5. The summed E-state index contributed by atoms with van der Waals surface area (Å²) in [6, 6.07) is 6.47. The van der Waals surface area contributed by atoms with Crippen LogP contribution in [0.4, 0.5) is 22.0 Å². The van der Waals surface area contributed by atoms with Crippen LogP contribution in [0.2, 0.25) is 0 Å². The molecule has 45 heavy (non-hydrogen) atoms. The molecular formula is C31H29F5N6O3. The predicted molar refractivity (Wildman–Crippen MR) is 152 cm³/mol. The first-order chi connectivity index (χ1) is 21.4. The van der Waals surface area contributed by atoms with Crippen LogP contribution in [0, 0.1) is 18.6 Å². The molecule has 0 aliphatic heterocycles. The van der Waals surface area contributed by atoms with Crippen molar-refractivity contribution in [2.24, 2.45) is 0 Å². The Morgan fingerprint density at radius 3 is 2.51 bits per heavy atom. The maximum atomic E-state index is 14.5. The Hall–Kier alpha value is -4.88. The van der Waals surface area contributed by atoms with Crippen LogP contribution in [0.1, 0.15) is 91.4 Å². The van der Waals surface area contributed by atoms with E-state index in [9.17, 15) is 36.3 Å². The van der Waals surface area contributed by atoms with Crippen LogP contribution in [-0.2, 0) is 19.1 Å². The second-order valence-corrected chi connectivity index (χ2v) is 10.7. The number of fused-ring (bicyclic) bond motifs is 2. The van der Waals surface area contributed by atoms with Gasteiger partial charge >= 0.3 is 6.18 Å². The number of benzene rings is 2. The molecule has 0 bridgehead atoms. The fourth-order valence-corrected chi connectivity index (χ4v) is 5.37. The second kappa shape index (κ2) is 12.6. The van der Waals surface area contributed by atoms with E-state index in [0.29, 0.717) is 37.1 Å². The van der Waals surface area contributed by atoms with E-state index in [1.807, 2.05) is 13.8 Å². The average Bonchev–Trinajstić information content (AvgIpc) is 3.59. The Morgan fingerprint density at radius 1 is 1.00 bits per heavy atom. The second-order valence-electron chi connectivity index (χ2n) is 10.7. The van der Waals surface area contributed by atoms with Crippen molar-refractivity contribution in [3.8, 4) is 0 Å². The Labute approximate surface area is 254 Å². The van der Waals surface area contributed by atoms with Gasteiger partial charge in [-0.2, -0.15) is 18.3 Å². The Bertz CT molecular complexity index is 1800. The molecule has 1 aliphatic rings. The van der Waals surface area contributed by atoms with E-state index >= 15 is 0 Å². The van der Waals surface area contributed by atoms with Crippen LogP contribution in [0.3, 0.4) is 0 Å². The molecule has 0 fully saturated rings. The molecule has 0 radical (unpaired) electrons. The number of nitrogens with one attached hydrogen (secondary N) is 3. The van der Waals surface area contributed by atoms with Gasteiger partial charge in [-0.15, -0.1) is 0 Å². The van der Waals surface area contributed by atoms with E-state index in [-0.39, 0.29) is 22.9 Å². The van der Waals surface area contributed by atoms with Gasteiger partial charge in [0.05, 0.1) is 17.8 Å². The monoisotopic (exact) mass is 628 g/mol. The number of nitrogens with zero attached hydrogens (tertiary/aromatic N) is 3. The van der Waals surface area contributed by atoms with Crippen LogP contribution in [-0.4, -0.2) is 38.9 Å². The average molecular weight is 629 g/mol. The maximum absolute atomic E-state index is 14.5. The molecule has 3 N–H and O–H groups in total. The van der Waals surface area contributed by atoms with Crippen molar-refractivity contribution in [3.05, 3.63) is 99.0 Å². The normalized spacial score (nSPS) is 14.3. The molecule has 2 aromatic heterocycles. The van der Waals surface area contributed by atoms with E-state index in [1.54, 1.807) is 12.1 Å². The van der Waals surface area contributed by atoms with Crippen molar-refractivity contribution in [3.63, 3.8) is 0 Å². The summed E-state index contributed by atoms with van der Waals surface area (Å²) in [7, 11) is 0. The molecule has 0 unspecified atom stereocenters. The van der Waals surface area contributed by atoms with E-state index in [0.717, 1.165) is 52.4 Å². The molecule has 3 amide bonds. The zero-order valence-electron chi connectivity index (χ0n) is 24.3. The number of amides is 3. The molecule has 5 rings (SSSR count). The first kappa shape index (κ1) is 31.5. The Kier molecular flexibility index (Phi) is 8.84. The highest BCUT2D eigenvalue weighted by atomic mass is 19.4. The number of carbonyl (C=O) groups is 3. The fraction of sp³-hybridized carbons (Fsp3) is 0.323. The molecule has 2 aromatic carbocycles. The number of unbranched alkanes of at least 4 members (excludes halogenated alkanes) is 1. The summed E-state index contributed by atoms with van der Waals surface area (Å²) < 4.78 is 68.4. The Balaban J connectivity index is 1.35. The fourth-order valence-electron chi connectivity index (χ4n) is 5.37. The predicted octanol–water partition coefficient (Wildman–Crippen LogP) is 5.21. The largest absolute Gasteiger partial charge is 0.419 e. The summed E-state index contributed by atoms with van der Waals surface area (Å²) in [5.41, 5.74) is 0.648. The molecule has 0 saturated heterocycles. The third-order valence-electron chi connectivity index (χ3n) is 7.74. The molecule has 9 nitrogen and oxygen atoms in total. The van der Waals surface area contributed by atoms with Crippen LogP contribution in [0.5, 0.6) is 0 Å².